The normalized spacial score (nSPS) is 26.0. The molecule has 0 unspecified atom stereocenters. The quantitative estimate of drug-likeness (QED) is 0.825. The molecule has 104 valence electrons. The molecule has 0 spiro atoms. The third-order valence-electron chi connectivity index (χ3n) is 4.94. The molecular weight excluding hydrogens is 246 g/mol. The summed E-state index contributed by atoms with van der Waals surface area (Å²) in [5.41, 5.74) is 3.14. The fraction of sp³-hybridized carbons (Fsp3) is 0.444. The second kappa shape index (κ2) is 5.10. The molecule has 2 aliphatic heterocycles. The van der Waals surface area contributed by atoms with Gasteiger partial charge in [-0.15, -0.1) is 0 Å². The zero-order valence-electron chi connectivity index (χ0n) is 11.8. The van der Waals surface area contributed by atoms with Crippen molar-refractivity contribution in [1.82, 2.24) is 4.90 Å². The van der Waals surface area contributed by atoms with Crippen molar-refractivity contribution in [2.24, 2.45) is 5.92 Å². The number of piperidine rings is 1. The third kappa shape index (κ3) is 2.29. The Kier molecular flexibility index (Phi) is 3.12. The van der Waals surface area contributed by atoms with E-state index >= 15 is 0 Å². The molecular formula is C18H21NO. The van der Waals surface area contributed by atoms with Crippen LogP contribution in [0.25, 0.3) is 0 Å². The van der Waals surface area contributed by atoms with Gasteiger partial charge in [0.15, 0.2) is 0 Å². The van der Waals surface area contributed by atoms with Crippen LogP contribution >= 0.6 is 0 Å². The van der Waals surface area contributed by atoms with Crippen LogP contribution in [0.2, 0.25) is 0 Å². The minimum atomic E-state index is 0.679. The maximum Gasteiger partial charge on any atom is 0.117 e. The van der Waals surface area contributed by atoms with Crippen molar-refractivity contribution in [2.75, 3.05) is 6.54 Å². The predicted molar refractivity (Wildman–Crippen MR) is 79.5 cm³/mol. The highest BCUT2D eigenvalue weighted by atomic mass is 16.3. The Labute approximate surface area is 120 Å². The largest absolute Gasteiger partial charge is 0.468 e. The minimum absolute atomic E-state index is 0.679. The molecule has 0 saturated carbocycles. The monoisotopic (exact) mass is 267 g/mol. The van der Waals surface area contributed by atoms with E-state index in [9.17, 15) is 0 Å². The van der Waals surface area contributed by atoms with Crippen molar-refractivity contribution in [3.63, 3.8) is 0 Å². The molecule has 1 aromatic carbocycles. The number of benzene rings is 1. The molecule has 1 saturated heterocycles. The average molecular weight is 267 g/mol. The molecule has 1 aliphatic carbocycles. The zero-order chi connectivity index (χ0) is 13.4. The Morgan fingerprint density at radius 1 is 1.00 bits per heavy atom. The SMILES string of the molecule is c1coc(CN2C[C@@H]3CC[C@H]2Cc2ccccc2C3)c1. The highest BCUT2D eigenvalue weighted by Crippen LogP contribution is 2.32. The molecule has 3 heterocycles. The van der Waals surface area contributed by atoms with Crippen molar-refractivity contribution in [2.45, 2.75) is 38.3 Å². The van der Waals surface area contributed by atoms with Crippen LogP contribution in [-0.2, 0) is 19.4 Å². The summed E-state index contributed by atoms with van der Waals surface area (Å²) in [6.07, 6.45) is 6.95. The molecule has 1 aromatic heterocycles. The molecule has 5 rings (SSSR count). The molecule has 1 fully saturated rings. The van der Waals surface area contributed by atoms with Gasteiger partial charge in [0.05, 0.1) is 12.8 Å². The van der Waals surface area contributed by atoms with Crippen molar-refractivity contribution in [3.05, 3.63) is 59.5 Å². The highest BCUT2D eigenvalue weighted by molar-refractivity contribution is 5.29. The highest BCUT2D eigenvalue weighted by Gasteiger charge is 2.32. The lowest BCUT2D eigenvalue weighted by atomic mass is 9.80. The van der Waals surface area contributed by atoms with Crippen molar-refractivity contribution in [3.8, 4) is 0 Å². The molecule has 2 nitrogen and oxygen atoms in total. The zero-order valence-corrected chi connectivity index (χ0v) is 11.8. The van der Waals surface area contributed by atoms with Crippen molar-refractivity contribution >= 4 is 0 Å². The first kappa shape index (κ1) is 12.2. The van der Waals surface area contributed by atoms with Crippen molar-refractivity contribution < 1.29 is 4.42 Å². The second-order valence-electron chi connectivity index (χ2n) is 6.28. The van der Waals surface area contributed by atoms with Gasteiger partial charge in [-0.05, 0) is 54.9 Å². The Morgan fingerprint density at radius 3 is 2.65 bits per heavy atom. The van der Waals surface area contributed by atoms with E-state index in [0.29, 0.717) is 6.04 Å². The summed E-state index contributed by atoms with van der Waals surface area (Å²) in [7, 11) is 0. The Hall–Kier alpha value is -1.54. The second-order valence-corrected chi connectivity index (χ2v) is 6.28. The molecule has 0 amide bonds. The summed E-state index contributed by atoms with van der Waals surface area (Å²) < 4.78 is 5.54. The number of fused-ring (bicyclic) bond motifs is 2. The molecule has 2 bridgehead atoms. The smallest absolute Gasteiger partial charge is 0.117 e. The van der Waals surface area contributed by atoms with Crippen LogP contribution in [0.5, 0.6) is 0 Å². The lowest BCUT2D eigenvalue weighted by Gasteiger charge is -2.42. The minimum Gasteiger partial charge on any atom is -0.468 e. The first-order valence-corrected chi connectivity index (χ1v) is 7.72. The molecule has 3 aliphatic rings. The van der Waals surface area contributed by atoms with Gasteiger partial charge in [0.25, 0.3) is 0 Å². The number of furan rings is 1. The Bertz CT molecular complexity index is 575. The van der Waals surface area contributed by atoms with Crippen LogP contribution in [0, 0.1) is 5.92 Å². The van der Waals surface area contributed by atoms with E-state index in [0.717, 1.165) is 18.2 Å². The van der Waals surface area contributed by atoms with E-state index in [-0.39, 0.29) is 0 Å². The lowest BCUT2D eigenvalue weighted by molar-refractivity contribution is 0.0867. The number of hydrogen-bond acceptors (Lipinski definition) is 2. The first-order valence-electron chi connectivity index (χ1n) is 7.72. The topological polar surface area (TPSA) is 16.4 Å². The fourth-order valence-electron chi connectivity index (χ4n) is 3.90. The first-order chi connectivity index (χ1) is 9.88. The summed E-state index contributed by atoms with van der Waals surface area (Å²) in [5, 5.41) is 0. The Balaban J connectivity index is 1.60. The molecule has 2 aromatic rings. The standard InChI is InChI=1S/C18H21NO/c1-2-5-16-11-17-8-7-14(10-15(16)4-1)12-19(17)13-18-6-3-9-20-18/h1-6,9,14,17H,7-8,10-13H2/t14-,17+/m1/s1. The maximum atomic E-state index is 5.54. The van der Waals surface area contributed by atoms with Crippen LogP contribution in [-0.4, -0.2) is 17.5 Å². The number of nitrogens with zero attached hydrogens (tertiary/aromatic N) is 1. The van der Waals surface area contributed by atoms with Crippen LogP contribution < -0.4 is 0 Å². The number of rotatable bonds is 2. The summed E-state index contributed by atoms with van der Waals surface area (Å²) in [5.74, 6) is 1.91. The van der Waals surface area contributed by atoms with Gasteiger partial charge in [-0.1, -0.05) is 24.3 Å². The van der Waals surface area contributed by atoms with E-state index in [1.165, 1.54) is 32.2 Å². The van der Waals surface area contributed by atoms with Gasteiger partial charge in [0.2, 0.25) is 0 Å². The molecule has 0 radical (unpaired) electrons. The summed E-state index contributed by atoms with van der Waals surface area (Å²) in [4.78, 5) is 2.64. The molecule has 0 N–H and O–H groups in total. The summed E-state index contributed by atoms with van der Waals surface area (Å²) in [6.45, 7) is 2.19. The van der Waals surface area contributed by atoms with Gasteiger partial charge >= 0.3 is 0 Å². The van der Waals surface area contributed by atoms with E-state index in [1.807, 2.05) is 6.07 Å². The van der Waals surface area contributed by atoms with Crippen LogP contribution in [0.15, 0.2) is 47.1 Å². The third-order valence-corrected chi connectivity index (χ3v) is 4.94. The average Bonchev–Trinajstić information content (AvgIpc) is 2.93. The van der Waals surface area contributed by atoms with Gasteiger partial charge < -0.3 is 4.42 Å². The maximum absolute atomic E-state index is 5.54. The Morgan fingerprint density at radius 2 is 1.85 bits per heavy atom. The van der Waals surface area contributed by atoms with Gasteiger partial charge in [-0.2, -0.15) is 0 Å². The van der Waals surface area contributed by atoms with Gasteiger partial charge in [0.1, 0.15) is 5.76 Å². The van der Waals surface area contributed by atoms with Gasteiger partial charge in [0, 0.05) is 12.6 Å². The molecule has 2 atom stereocenters. The number of hydrogen-bond donors (Lipinski definition) is 0. The van der Waals surface area contributed by atoms with E-state index < -0.39 is 0 Å². The van der Waals surface area contributed by atoms with Crippen LogP contribution in [0.4, 0.5) is 0 Å². The van der Waals surface area contributed by atoms with Crippen LogP contribution in [0.3, 0.4) is 0 Å². The molecule has 20 heavy (non-hydrogen) atoms. The predicted octanol–water partition coefficient (Wildman–Crippen LogP) is 3.66. The molecule has 2 heteroatoms. The van der Waals surface area contributed by atoms with Crippen molar-refractivity contribution in [1.29, 1.82) is 0 Å². The lowest BCUT2D eigenvalue weighted by Crippen LogP contribution is -2.46. The van der Waals surface area contributed by atoms with E-state index in [4.69, 9.17) is 4.42 Å². The van der Waals surface area contributed by atoms with E-state index in [1.54, 1.807) is 17.4 Å². The van der Waals surface area contributed by atoms with Gasteiger partial charge in [-0.3, -0.25) is 4.90 Å². The summed E-state index contributed by atoms with van der Waals surface area (Å²) >= 11 is 0. The van der Waals surface area contributed by atoms with Gasteiger partial charge in [-0.25, -0.2) is 0 Å². The summed E-state index contributed by atoms with van der Waals surface area (Å²) in [6, 6.07) is 13.8. The van der Waals surface area contributed by atoms with Crippen LogP contribution in [0.1, 0.15) is 29.7 Å². The fourth-order valence-corrected chi connectivity index (χ4v) is 3.90. The van der Waals surface area contributed by atoms with E-state index in [2.05, 4.69) is 35.2 Å².